The van der Waals surface area contributed by atoms with E-state index < -0.39 is 6.35 Å². The lowest BCUT2D eigenvalue weighted by molar-refractivity contribution is -0.00995. The largest absolute Gasteiger partial charge is 0.343 e. The molecule has 6 nitrogen and oxygen atoms in total. The number of guanidine groups is 1. The first-order chi connectivity index (χ1) is 7.10. The van der Waals surface area contributed by atoms with Crippen molar-refractivity contribution in [2.24, 2.45) is 21.7 Å². The minimum atomic E-state index is -0.398. The number of nitrogens with two attached hydrogens (primary N) is 1. The minimum absolute atomic E-state index is 0.233. The molecule has 0 aromatic rings. The Bertz CT molecular complexity index is 274. The van der Waals surface area contributed by atoms with Crippen LogP contribution in [0.5, 0.6) is 0 Å². The van der Waals surface area contributed by atoms with Crippen molar-refractivity contribution in [2.45, 2.75) is 27.1 Å². The van der Waals surface area contributed by atoms with Gasteiger partial charge in [0.25, 0.3) is 0 Å². The molecule has 0 bridgehead atoms. The van der Waals surface area contributed by atoms with Gasteiger partial charge >= 0.3 is 0 Å². The molecule has 0 amide bonds. The maximum atomic E-state index is 5.85. The van der Waals surface area contributed by atoms with Gasteiger partial charge in [-0.25, -0.2) is 5.84 Å². The molecule has 0 spiro atoms. The first-order valence-electron chi connectivity index (χ1n) is 5.06. The number of hydrogen-bond donors (Lipinski definition) is 2. The summed E-state index contributed by atoms with van der Waals surface area (Å²) in [5.41, 5.74) is 0. The van der Waals surface area contributed by atoms with Crippen LogP contribution in [0.25, 0.3) is 0 Å². The van der Waals surface area contributed by atoms with E-state index in [0.29, 0.717) is 12.5 Å². The zero-order chi connectivity index (χ0) is 11.4. The summed E-state index contributed by atoms with van der Waals surface area (Å²) in [5.74, 6) is 7.44. The van der Waals surface area contributed by atoms with Crippen LogP contribution >= 0.6 is 0 Å². The standard InChI is InChI=1S/C9H19N5O/c1-5-11-8-12-7(6(2)3)14(10)9(13-8)15-4/h6,9H,5,10H2,1-4H3,(H,11,13). The molecular formula is C9H19N5O. The first-order valence-corrected chi connectivity index (χ1v) is 5.06. The summed E-state index contributed by atoms with van der Waals surface area (Å²) in [5, 5.41) is 4.47. The van der Waals surface area contributed by atoms with Gasteiger partial charge in [-0.05, 0) is 6.92 Å². The lowest BCUT2D eigenvalue weighted by Crippen LogP contribution is -2.60. The first kappa shape index (κ1) is 11.9. The topological polar surface area (TPSA) is 75.2 Å². The number of amidine groups is 1. The highest BCUT2D eigenvalue weighted by molar-refractivity contribution is 5.98. The molecule has 0 saturated carbocycles. The van der Waals surface area contributed by atoms with Crippen LogP contribution in [-0.4, -0.2) is 36.8 Å². The summed E-state index contributed by atoms with van der Waals surface area (Å²) in [7, 11) is 1.59. The third-order valence-corrected chi connectivity index (χ3v) is 2.04. The quantitative estimate of drug-likeness (QED) is 0.653. The molecule has 0 radical (unpaired) electrons. The second-order valence-electron chi connectivity index (χ2n) is 3.56. The van der Waals surface area contributed by atoms with E-state index in [1.165, 1.54) is 5.01 Å². The van der Waals surface area contributed by atoms with E-state index in [2.05, 4.69) is 15.3 Å². The molecule has 0 saturated heterocycles. The van der Waals surface area contributed by atoms with Crippen LogP contribution in [0.2, 0.25) is 0 Å². The van der Waals surface area contributed by atoms with Crippen molar-refractivity contribution < 1.29 is 4.74 Å². The Hall–Kier alpha value is -1.14. The zero-order valence-corrected chi connectivity index (χ0v) is 9.69. The minimum Gasteiger partial charge on any atom is -0.343 e. The van der Waals surface area contributed by atoms with Gasteiger partial charge in [0.05, 0.1) is 0 Å². The number of rotatable bonds is 3. The number of nitrogens with one attached hydrogen (secondary N) is 1. The Morgan fingerprint density at radius 1 is 1.67 bits per heavy atom. The van der Waals surface area contributed by atoms with Crippen molar-refractivity contribution in [3.63, 3.8) is 0 Å². The lowest BCUT2D eigenvalue weighted by atomic mass is 10.2. The van der Waals surface area contributed by atoms with Crippen LogP contribution in [0.1, 0.15) is 20.8 Å². The molecule has 1 unspecified atom stereocenters. The summed E-state index contributed by atoms with van der Waals surface area (Å²) >= 11 is 0. The maximum Gasteiger partial charge on any atom is 0.224 e. The lowest BCUT2D eigenvalue weighted by Gasteiger charge is -2.34. The highest BCUT2D eigenvalue weighted by Crippen LogP contribution is 2.08. The monoisotopic (exact) mass is 213 g/mol. The summed E-state index contributed by atoms with van der Waals surface area (Å²) in [6.45, 7) is 6.69. The average molecular weight is 213 g/mol. The number of hydrogen-bond acceptors (Lipinski definition) is 4. The predicted molar refractivity (Wildman–Crippen MR) is 60.2 cm³/mol. The van der Waals surface area contributed by atoms with E-state index in [4.69, 9.17) is 10.6 Å². The van der Waals surface area contributed by atoms with E-state index in [1.807, 2.05) is 20.8 Å². The normalized spacial score (nSPS) is 24.4. The fraction of sp³-hybridized carbons (Fsp3) is 0.778. The number of hydrazine groups is 1. The van der Waals surface area contributed by atoms with Gasteiger partial charge in [-0.15, -0.1) is 0 Å². The fourth-order valence-corrected chi connectivity index (χ4v) is 1.33. The van der Waals surface area contributed by atoms with Gasteiger partial charge in [-0.3, -0.25) is 10.0 Å². The molecule has 0 fully saturated rings. The van der Waals surface area contributed by atoms with Crippen LogP contribution < -0.4 is 11.2 Å². The highest BCUT2D eigenvalue weighted by Gasteiger charge is 2.26. The molecule has 1 aliphatic heterocycles. The Labute approximate surface area is 90.2 Å². The Balaban J connectivity index is 2.95. The van der Waals surface area contributed by atoms with Gasteiger partial charge in [0.15, 0.2) is 0 Å². The van der Waals surface area contributed by atoms with Crippen LogP contribution in [0.15, 0.2) is 9.98 Å². The number of methoxy groups -OCH3 is 1. The van der Waals surface area contributed by atoms with Crippen molar-refractivity contribution in [3.8, 4) is 0 Å². The van der Waals surface area contributed by atoms with Crippen molar-refractivity contribution in [2.75, 3.05) is 13.7 Å². The van der Waals surface area contributed by atoms with Crippen molar-refractivity contribution >= 4 is 11.8 Å². The van der Waals surface area contributed by atoms with Crippen LogP contribution in [-0.2, 0) is 4.74 Å². The van der Waals surface area contributed by atoms with Crippen molar-refractivity contribution in [1.82, 2.24) is 10.3 Å². The van der Waals surface area contributed by atoms with Crippen LogP contribution in [0.4, 0.5) is 0 Å². The molecule has 86 valence electrons. The second-order valence-corrected chi connectivity index (χ2v) is 3.56. The molecule has 1 rings (SSSR count). The van der Waals surface area contributed by atoms with Gasteiger partial charge in [0.1, 0.15) is 5.84 Å². The highest BCUT2D eigenvalue weighted by atomic mass is 16.5. The van der Waals surface area contributed by atoms with Gasteiger partial charge in [-0.1, -0.05) is 13.8 Å². The summed E-state index contributed by atoms with van der Waals surface area (Å²) in [6, 6.07) is 0. The van der Waals surface area contributed by atoms with Gasteiger partial charge in [0.2, 0.25) is 12.3 Å². The molecule has 3 N–H and O–H groups in total. The molecule has 1 heterocycles. The Morgan fingerprint density at radius 3 is 2.80 bits per heavy atom. The third-order valence-electron chi connectivity index (χ3n) is 2.04. The summed E-state index contributed by atoms with van der Waals surface area (Å²) in [4.78, 5) is 8.53. The molecule has 1 aliphatic rings. The molecule has 0 aromatic carbocycles. The predicted octanol–water partition coefficient (Wildman–Crippen LogP) is 0.126. The number of nitrogens with zero attached hydrogens (tertiary/aromatic N) is 3. The summed E-state index contributed by atoms with van der Waals surface area (Å²) < 4.78 is 5.19. The molecule has 6 heteroatoms. The SMILES string of the molecule is CCN=C1N=C(C(C)C)N(N)C(OC)N1. The average Bonchev–Trinajstić information content (AvgIpc) is 2.20. The van der Waals surface area contributed by atoms with E-state index >= 15 is 0 Å². The molecule has 1 atom stereocenters. The number of aliphatic imine (C=N–C) groups is 2. The van der Waals surface area contributed by atoms with Crippen LogP contribution in [0, 0.1) is 5.92 Å². The van der Waals surface area contributed by atoms with Gasteiger partial charge < -0.3 is 10.1 Å². The number of ether oxygens (including phenoxy) is 1. The van der Waals surface area contributed by atoms with Crippen LogP contribution in [0.3, 0.4) is 0 Å². The maximum absolute atomic E-state index is 5.85. The second kappa shape index (κ2) is 5.09. The Kier molecular flexibility index (Phi) is 4.05. The van der Waals surface area contributed by atoms with E-state index in [0.717, 1.165) is 5.84 Å². The molecule has 15 heavy (non-hydrogen) atoms. The Morgan fingerprint density at radius 2 is 2.33 bits per heavy atom. The zero-order valence-electron chi connectivity index (χ0n) is 9.69. The smallest absolute Gasteiger partial charge is 0.224 e. The van der Waals surface area contributed by atoms with Crippen molar-refractivity contribution in [3.05, 3.63) is 0 Å². The van der Waals surface area contributed by atoms with Gasteiger partial charge in [-0.2, -0.15) is 4.99 Å². The van der Waals surface area contributed by atoms with Crippen molar-refractivity contribution in [1.29, 1.82) is 0 Å². The molecule has 0 aliphatic carbocycles. The van der Waals surface area contributed by atoms with E-state index in [-0.39, 0.29) is 5.92 Å². The fourth-order valence-electron chi connectivity index (χ4n) is 1.33. The summed E-state index contributed by atoms with van der Waals surface area (Å²) in [6.07, 6.45) is -0.398. The van der Waals surface area contributed by atoms with Gasteiger partial charge in [0, 0.05) is 19.6 Å². The van der Waals surface area contributed by atoms with E-state index in [9.17, 15) is 0 Å². The molecule has 0 aromatic heterocycles. The van der Waals surface area contributed by atoms with E-state index in [1.54, 1.807) is 7.11 Å². The molecular weight excluding hydrogens is 194 g/mol. The third kappa shape index (κ3) is 2.66.